The molecule has 6 nitrogen and oxygen atoms in total. The molecule has 1 aliphatic heterocycles. The van der Waals surface area contributed by atoms with Gasteiger partial charge in [-0.15, -0.1) is 0 Å². The molecule has 0 bridgehead atoms. The Kier molecular flexibility index (Phi) is 6.40. The molecule has 1 heterocycles. The highest BCUT2D eigenvalue weighted by molar-refractivity contribution is 5.88. The number of nitrogens with one attached hydrogen (secondary N) is 2. The molecule has 1 aromatic carbocycles. The summed E-state index contributed by atoms with van der Waals surface area (Å²) in [5.74, 6) is 0.578. The molecular weight excluding hydrogens is 294 g/mol. The van der Waals surface area contributed by atoms with Gasteiger partial charge >= 0.3 is 0 Å². The van der Waals surface area contributed by atoms with Crippen LogP contribution in [0.5, 0.6) is 5.75 Å². The first-order valence-electron chi connectivity index (χ1n) is 8.06. The van der Waals surface area contributed by atoms with Gasteiger partial charge < -0.3 is 15.4 Å². The number of carbonyl (C=O) groups excluding carboxylic acids is 2. The highest BCUT2D eigenvalue weighted by Gasteiger charge is 2.32. The fourth-order valence-electron chi connectivity index (χ4n) is 2.68. The Hall–Kier alpha value is -2.08. The van der Waals surface area contributed by atoms with Crippen molar-refractivity contribution in [1.82, 2.24) is 15.5 Å². The molecule has 1 atom stereocenters. The van der Waals surface area contributed by atoms with E-state index in [-0.39, 0.29) is 24.3 Å². The molecular formula is C17H25N3O3. The fourth-order valence-corrected chi connectivity index (χ4v) is 2.68. The minimum atomic E-state index is -0.390. The second-order valence-electron chi connectivity index (χ2n) is 5.85. The van der Waals surface area contributed by atoms with E-state index in [9.17, 15) is 9.59 Å². The van der Waals surface area contributed by atoms with E-state index in [1.54, 1.807) is 0 Å². The van der Waals surface area contributed by atoms with Crippen LogP contribution < -0.4 is 15.4 Å². The summed E-state index contributed by atoms with van der Waals surface area (Å²) >= 11 is 0. The second-order valence-corrected chi connectivity index (χ2v) is 5.85. The predicted octanol–water partition coefficient (Wildman–Crippen LogP) is 0.781. The molecule has 0 saturated carbocycles. The maximum Gasteiger partial charge on any atom is 0.237 e. The van der Waals surface area contributed by atoms with Crippen LogP contribution in [0.15, 0.2) is 30.3 Å². The first-order valence-corrected chi connectivity index (χ1v) is 8.06. The van der Waals surface area contributed by atoms with Gasteiger partial charge in [-0.25, -0.2) is 0 Å². The Labute approximate surface area is 137 Å². The number of amides is 2. The third kappa shape index (κ3) is 5.25. The van der Waals surface area contributed by atoms with Crippen LogP contribution in [0, 0.1) is 0 Å². The third-order valence-electron chi connectivity index (χ3n) is 3.85. The van der Waals surface area contributed by atoms with Gasteiger partial charge in [-0.3, -0.25) is 14.5 Å². The van der Waals surface area contributed by atoms with E-state index >= 15 is 0 Å². The third-order valence-corrected chi connectivity index (χ3v) is 3.85. The summed E-state index contributed by atoms with van der Waals surface area (Å²) in [5, 5.41) is 5.64. The van der Waals surface area contributed by atoms with E-state index in [4.69, 9.17) is 4.74 Å². The van der Waals surface area contributed by atoms with Crippen LogP contribution in [-0.4, -0.2) is 55.0 Å². The molecule has 1 saturated heterocycles. The number of hydrogen-bond donors (Lipinski definition) is 2. The molecule has 0 unspecified atom stereocenters. The van der Waals surface area contributed by atoms with Gasteiger partial charge in [0.1, 0.15) is 12.4 Å². The van der Waals surface area contributed by atoms with Gasteiger partial charge in [0.2, 0.25) is 11.8 Å². The number of para-hydroxylation sites is 1. The molecule has 0 spiro atoms. The van der Waals surface area contributed by atoms with Gasteiger partial charge in [0.15, 0.2) is 0 Å². The SMILES string of the molecule is CC(C)N1CCNC(=O)[C@@H]1CC(=O)NCCOc1ccccc1. The van der Waals surface area contributed by atoms with Crippen LogP contribution in [0.4, 0.5) is 0 Å². The lowest BCUT2D eigenvalue weighted by Gasteiger charge is -2.37. The summed E-state index contributed by atoms with van der Waals surface area (Å²) in [6.45, 7) is 6.32. The maximum atomic E-state index is 12.1. The van der Waals surface area contributed by atoms with E-state index in [1.807, 2.05) is 44.2 Å². The van der Waals surface area contributed by atoms with Crippen molar-refractivity contribution in [3.63, 3.8) is 0 Å². The quantitative estimate of drug-likeness (QED) is 0.729. The summed E-state index contributed by atoms with van der Waals surface area (Å²) in [5.41, 5.74) is 0. The zero-order valence-electron chi connectivity index (χ0n) is 13.7. The first-order chi connectivity index (χ1) is 11.1. The van der Waals surface area contributed by atoms with Gasteiger partial charge in [0.25, 0.3) is 0 Å². The summed E-state index contributed by atoms with van der Waals surface area (Å²) in [7, 11) is 0. The Balaban J connectivity index is 1.73. The number of piperazine rings is 1. The Morgan fingerprint density at radius 3 is 2.83 bits per heavy atom. The lowest BCUT2D eigenvalue weighted by atomic mass is 10.1. The minimum Gasteiger partial charge on any atom is -0.492 e. The van der Waals surface area contributed by atoms with E-state index in [1.165, 1.54) is 0 Å². The van der Waals surface area contributed by atoms with Crippen LogP contribution in [0.1, 0.15) is 20.3 Å². The molecule has 0 aromatic heterocycles. The van der Waals surface area contributed by atoms with E-state index in [2.05, 4.69) is 15.5 Å². The number of hydrogen-bond acceptors (Lipinski definition) is 4. The second kappa shape index (κ2) is 8.53. The zero-order chi connectivity index (χ0) is 16.7. The van der Waals surface area contributed by atoms with E-state index < -0.39 is 6.04 Å². The van der Waals surface area contributed by atoms with Crippen molar-refractivity contribution >= 4 is 11.8 Å². The lowest BCUT2D eigenvalue weighted by Crippen LogP contribution is -2.58. The average Bonchev–Trinajstić information content (AvgIpc) is 2.54. The molecule has 0 radical (unpaired) electrons. The molecule has 126 valence electrons. The first kappa shape index (κ1) is 17.3. The molecule has 23 heavy (non-hydrogen) atoms. The summed E-state index contributed by atoms with van der Waals surface area (Å²) in [6.07, 6.45) is 0.176. The molecule has 1 fully saturated rings. The van der Waals surface area contributed by atoms with Gasteiger partial charge in [-0.1, -0.05) is 18.2 Å². The summed E-state index contributed by atoms with van der Waals surface area (Å²) in [4.78, 5) is 26.1. The molecule has 6 heteroatoms. The maximum absolute atomic E-state index is 12.1. The number of ether oxygens (including phenoxy) is 1. The number of carbonyl (C=O) groups is 2. The number of rotatable bonds is 7. The van der Waals surface area contributed by atoms with E-state index in [0.717, 1.165) is 12.3 Å². The van der Waals surface area contributed by atoms with Crippen molar-refractivity contribution in [2.75, 3.05) is 26.2 Å². The van der Waals surface area contributed by atoms with Crippen molar-refractivity contribution in [3.05, 3.63) is 30.3 Å². The highest BCUT2D eigenvalue weighted by Crippen LogP contribution is 2.12. The van der Waals surface area contributed by atoms with Crippen LogP contribution in [0.2, 0.25) is 0 Å². The van der Waals surface area contributed by atoms with E-state index in [0.29, 0.717) is 19.7 Å². The molecule has 1 aromatic rings. The van der Waals surface area contributed by atoms with Gasteiger partial charge in [0.05, 0.1) is 19.0 Å². The zero-order valence-corrected chi connectivity index (χ0v) is 13.7. The summed E-state index contributed by atoms with van der Waals surface area (Å²) < 4.78 is 5.52. The minimum absolute atomic E-state index is 0.0689. The predicted molar refractivity (Wildman–Crippen MR) is 88.2 cm³/mol. The van der Waals surface area contributed by atoms with Gasteiger partial charge in [-0.2, -0.15) is 0 Å². The summed E-state index contributed by atoms with van der Waals surface area (Å²) in [6, 6.07) is 9.30. The normalized spacial score (nSPS) is 18.6. The van der Waals surface area contributed by atoms with Crippen LogP contribution in [0.25, 0.3) is 0 Å². The van der Waals surface area contributed by atoms with Crippen molar-refractivity contribution in [1.29, 1.82) is 0 Å². The Bertz CT molecular complexity index is 519. The average molecular weight is 319 g/mol. The Morgan fingerprint density at radius 1 is 1.39 bits per heavy atom. The molecule has 1 aliphatic rings. The molecule has 2 N–H and O–H groups in total. The lowest BCUT2D eigenvalue weighted by molar-refractivity contribution is -0.134. The topological polar surface area (TPSA) is 70.7 Å². The standard InChI is InChI=1S/C17H25N3O3/c1-13(2)20-10-8-19-17(22)15(20)12-16(21)18-9-11-23-14-6-4-3-5-7-14/h3-7,13,15H,8-12H2,1-2H3,(H,18,21)(H,19,22)/t15-/m0/s1. The Morgan fingerprint density at radius 2 is 2.13 bits per heavy atom. The van der Waals surface area contributed by atoms with Crippen molar-refractivity contribution in [2.24, 2.45) is 0 Å². The fraction of sp³-hybridized carbons (Fsp3) is 0.529. The van der Waals surface area contributed by atoms with Gasteiger partial charge in [0, 0.05) is 19.1 Å². The monoisotopic (exact) mass is 319 g/mol. The van der Waals surface area contributed by atoms with Crippen LogP contribution >= 0.6 is 0 Å². The van der Waals surface area contributed by atoms with Gasteiger partial charge in [-0.05, 0) is 26.0 Å². The molecule has 2 rings (SSSR count). The molecule has 2 amide bonds. The number of nitrogens with zero attached hydrogens (tertiary/aromatic N) is 1. The van der Waals surface area contributed by atoms with Crippen molar-refractivity contribution in [3.8, 4) is 5.75 Å². The van der Waals surface area contributed by atoms with Crippen molar-refractivity contribution in [2.45, 2.75) is 32.4 Å². The van der Waals surface area contributed by atoms with Crippen LogP contribution in [-0.2, 0) is 9.59 Å². The largest absolute Gasteiger partial charge is 0.492 e. The van der Waals surface area contributed by atoms with Crippen LogP contribution in [0.3, 0.4) is 0 Å². The number of benzene rings is 1. The van der Waals surface area contributed by atoms with Crippen molar-refractivity contribution < 1.29 is 14.3 Å². The molecule has 0 aliphatic carbocycles. The smallest absolute Gasteiger partial charge is 0.237 e. The highest BCUT2D eigenvalue weighted by atomic mass is 16.5.